The maximum Gasteiger partial charge on any atom is 0.0630 e. The van der Waals surface area contributed by atoms with Gasteiger partial charge in [-0.3, -0.25) is 0 Å². The summed E-state index contributed by atoms with van der Waals surface area (Å²) in [5, 5.41) is 0.467. The van der Waals surface area contributed by atoms with E-state index in [0.29, 0.717) is 78.0 Å². The van der Waals surface area contributed by atoms with Crippen molar-refractivity contribution in [1.82, 2.24) is 0 Å². The Hall–Kier alpha value is -8.69. The average Bonchev–Trinajstić information content (AvgIpc) is 0.743. The molecule has 2 nitrogen and oxygen atoms in total. The van der Waals surface area contributed by atoms with Crippen LogP contribution in [0, 0.1) is 0 Å². The fourth-order valence-electron chi connectivity index (χ4n) is 11.3. The number of rotatable bonds is 12. The Labute approximate surface area is 520 Å². The van der Waals surface area contributed by atoms with Crippen molar-refractivity contribution in [2.45, 2.75) is 105 Å². The monoisotopic (exact) mass is 1130 g/mol. The quantitative estimate of drug-likeness (QED) is 0.120. The third-order valence-corrected chi connectivity index (χ3v) is 16.2. The van der Waals surface area contributed by atoms with Crippen LogP contribution in [0.25, 0.3) is 66.8 Å². The van der Waals surface area contributed by atoms with Gasteiger partial charge in [0, 0.05) is 50.0 Å². The van der Waals surface area contributed by atoms with Gasteiger partial charge in [-0.15, -0.1) is 0 Å². The lowest BCUT2D eigenvalue weighted by molar-refractivity contribution is 0.568. The van der Waals surface area contributed by atoms with Gasteiger partial charge in [0.05, 0.1) is 19.6 Å². The van der Waals surface area contributed by atoms with Crippen molar-refractivity contribution in [3.05, 3.63) is 288 Å². The van der Waals surface area contributed by atoms with Crippen molar-refractivity contribution in [2.75, 3.05) is 9.80 Å². The summed E-state index contributed by atoms with van der Waals surface area (Å²) >= 11 is 7.18. The molecule has 0 fully saturated rings. The van der Waals surface area contributed by atoms with Gasteiger partial charge in [0.2, 0.25) is 0 Å². The summed E-state index contributed by atoms with van der Waals surface area (Å²) in [7, 11) is 0. The Kier molecular flexibility index (Phi) is 14.0. The normalized spacial score (nSPS) is 13.0. The van der Waals surface area contributed by atoms with Crippen molar-refractivity contribution in [1.29, 1.82) is 0 Å². The van der Waals surface area contributed by atoms with Crippen LogP contribution in [0.3, 0.4) is 0 Å². The summed E-state index contributed by atoms with van der Waals surface area (Å²) in [6.45, 7) is 27.0. The Morgan fingerprint density at radius 1 is 0.282 bits per heavy atom. The molecule has 11 aromatic rings. The smallest absolute Gasteiger partial charge is 0.0630 e. The Morgan fingerprint density at radius 3 is 1.08 bits per heavy atom. The van der Waals surface area contributed by atoms with E-state index in [0.717, 1.165) is 33.5 Å². The van der Waals surface area contributed by atoms with Crippen LogP contribution in [-0.4, -0.2) is 0 Å². The molecule has 0 saturated carbocycles. The van der Waals surface area contributed by atoms with E-state index in [4.69, 9.17) is 11.6 Å². The molecule has 424 valence electrons. The van der Waals surface area contributed by atoms with Crippen LogP contribution in [0.5, 0.6) is 0 Å². The molecule has 11 rings (SSSR count). The predicted molar refractivity (Wildman–Crippen MR) is 368 cm³/mol. The van der Waals surface area contributed by atoms with E-state index in [2.05, 4.69) is 172 Å². The molecule has 0 heterocycles. The van der Waals surface area contributed by atoms with Gasteiger partial charge in [-0.05, 0) is 137 Å². The van der Waals surface area contributed by atoms with E-state index >= 15 is 0 Å². The lowest BCUT2D eigenvalue weighted by atomic mass is 9.77. The maximum atomic E-state index is 10.1. The van der Waals surface area contributed by atoms with Crippen LogP contribution in [0.4, 0.5) is 34.1 Å². The lowest BCUT2D eigenvalue weighted by Crippen LogP contribution is -2.18. The first-order chi connectivity index (χ1) is 43.1. The predicted octanol–water partition coefficient (Wildman–Crippen LogP) is 24.5. The van der Waals surface area contributed by atoms with Crippen LogP contribution in [0.1, 0.15) is 114 Å². The number of hydrogen-bond donors (Lipinski definition) is 0. The van der Waals surface area contributed by atoms with E-state index < -0.39 is 0 Å². The van der Waals surface area contributed by atoms with Crippen LogP contribution >= 0.6 is 11.6 Å². The van der Waals surface area contributed by atoms with Gasteiger partial charge in [0.25, 0.3) is 0 Å². The standard InChI is InChI=1S/C82H79ClN2/c1-79(2,3)63-44-47-71(76(53-63)82(10,11)12)62-50-69(55-70(51-62)85(68-37-25-36-66(83)54-68)78-74(59-32-21-15-22-33-59)40-27-41-75(78)60-34-23-16-24-35-60)84(77-72(57-28-17-13-18-29-57)38-26-39-73(77)58-30-19-14-20-31-58)67-45-42-56(43-46-67)61-48-64(80(4,5)6)52-65(49-61)81(7,8)9/h13-55H,1-12H3/i26D,27D,38D,39D,40D,41D. The van der Waals surface area contributed by atoms with Gasteiger partial charge in [-0.25, -0.2) is 0 Å². The molecule has 0 amide bonds. The zero-order valence-corrected chi connectivity index (χ0v) is 51.9. The minimum Gasteiger partial charge on any atom is -0.309 e. The second-order valence-corrected chi connectivity index (χ2v) is 26.8. The SMILES string of the molecule is [2H]c1c([2H])c(-c2ccccc2)c(N(c2ccc(-c3cc(C(C)(C)C)cc(C(C)(C)C)c3)cc2)c2cc(-c3ccc(C(C)(C)C)cc3C(C)(C)C)cc(N(c3cccc(Cl)c3)c3c(-c4ccccc4)c([2H])c([2H])c([2H])c3-c3ccccc3)c2)c(-c2ccccc2)c1[2H]. The zero-order valence-electron chi connectivity index (χ0n) is 57.1. The van der Waals surface area contributed by atoms with Gasteiger partial charge in [-0.1, -0.05) is 307 Å². The third-order valence-electron chi connectivity index (χ3n) is 16.0. The van der Waals surface area contributed by atoms with Crippen molar-refractivity contribution < 1.29 is 8.22 Å². The molecule has 0 spiro atoms. The number of anilines is 6. The molecule has 0 aliphatic rings. The molecule has 0 aliphatic carbocycles. The summed E-state index contributed by atoms with van der Waals surface area (Å²) in [5.41, 5.74) is 16.2. The van der Waals surface area contributed by atoms with Crippen molar-refractivity contribution in [3.8, 4) is 66.8 Å². The van der Waals surface area contributed by atoms with E-state index in [1.165, 1.54) is 16.7 Å². The Morgan fingerprint density at radius 2 is 0.694 bits per heavy atom. The van der Waals surface area contributed by atoms with Crippen LogP contribution in [0.2, 0.25) is 5.02 Å². The molecule has 0 atom stereocenters. The van der Waals surface area contributed by atoms with Gasteiger partial charge in [0.1, 0.15) is 0 Å². The van der Waals surface area contributed by atoms with E-state index in [9.17, 15) is 8.22 Å². The number of benzene rings is 11. The highest BCUT2D eigenvalue weighted by atomic mass is 35.5. The Balaban J connectivity index is 1.35. The summed E-state index contributed by atoms with van der Waals surface area (Å²) in [5.74, 6) is 0. The molecule has 11 aromatic carbocycles. The molecule has 85 heavy (non-hydrogen) atoms. The summed E-state index contributed by atoms with van der Waals surface area (Å²) < 4.78 is 59.6. The number of hydrogen-bond acceptors (Lipinski definition) is 2. The third kappa shape index (κ3) is 12.4. The summed E-state index contributed by atoms with van der Waals surface area (Å²) in [6, 6.07) is 74.7. The van der Waals surface area contributed by atoms with Crippen molar-refractivity contribution in [3.63, 3.8) is 0 Å². The van der Waals surface area contributed by atoms with Crippen molar-refractivity contribution >= 4 is 45.7 Å². The topological polar surface area (TPSA) is 6.48 Å². The van der Waals surface area contributed by atoms with Crippen LogP contribution in [-0.2, 0) is 21.7 Å². The number of nitrogens with zero attached hydrogens (tertiary/aromatic N) is 2. The molecule has 0 bridgehead atoms. The highest BCUT2D eigenvalue weighted by Gasteiger charge is 2.30. The molecule has 0 saturated heterocycles. The minimum absolute atomic E-state index is 0.0904. The molecular weight excluding hydrogens is 1050 g/mol. The highest BCUT2D eigenvalue weighted by molar-refractivity contribution is 6.31. The van der Waals surface area contributed by atoms with Gasteiger partial charge in [0.15, 0.2) is 0 Å². The molecule has 0 aliphatic heterocycles. The average molecular weight is 1130 g/mol. The van der Waals surface area contributed by atoms with Gasteiger partial charge < -0.3 is 9.80 Å². The van der Waals surface area contributed by atoms with Gasteiger partial charge in [-0.2, -0.15) is 0 Å². The molecule has 0 aromatic heterocycles. The van der Waals surface area contributed by atoms with E-state index in [1.54, 1.807) is 0 Å². The summed E-state index contributed by atoms with van der Waals surface area (Å²) in [6.07, 6.45) is 0. The fourth-order valence-corrected chi connectivity index (χ4v) is 11.5. The second-order valence-electron chi connectivity index (χ2n) is 26.4. The minimum atomic E-state index is -0.373. The van der Waals surface area contributed by atoms with Crippen LogP contribution in [0.15, 0.2) is 261 Å². The molecule has 0 N–H and O–H groups in total. The first-order valence-electron chi connectivity index (χ1n) is 32.5. The van der Waals surface area contributed by atoms with Crippen molar-refractivity contribution in [2.24, 2.45) is 0 Å². The van der Waals surface area contributed by atoms with Crippen LogP contribution < -0.4 is 9.80 Å². The first-order valence-corrected chi connectivity index (χ1v) is 29.9. The zero-order chi connectivity index (χ0) is 65.1. The fraction of sp³-hybridized carbons (Fsp3) is 0.195. The highest BCUT2D eigenvalue weighted by Crippen LogP contribution is 2.53. The largest absolute Gasteiger partial charge is 0.309 e. The number of halogens is 1. The molecule has 3 heteroatoms. The van der Waals surface area contributed by atoms with E-state index in [-0.39, 0.29) is 57.9 Å². The molecular formula is C82H79ClN2. The summed E-state index contributed by atoms with van der Waals surface area (Å²) in [4.78, 5) is 4.28. The molecule has 0 unspecified atom stereocenters. The number of para-hydroxylation sites is 2. The Bertz CT molecular complexity index is 4330. The molecule has 0 radical (unpaired) electrons. The van der Waals surface area contributed by atoms with Gasteiger partial charge >= 0.3 is 0 Å². The first kappa shape index (κ1) is 50.8. The lowest BCUT2D eigenvalue weighted by Gasteiger charge is -2.35. The van der Waals surface area contributed by atoms with E-state index in [1.807, 2.05) is 146 Å². The second kappa shape index (κ2) is 23.4. The maximum absolute atomic E-state index is 10.1.